The van der Waals surface area contributed by atoms with E-state index in [1.165, 1.54) is 250 Å². The van der Waals surface area contributed by atoms with E-state index in [0.29, 0.717) is 19.3 Å². The number of carbonyl (C=O) groups excluding carboxylic acids is 3. The molecule has 0 aromatic carbocycles. The van der Waals surface area contributed by atoms with Gasteiger partial charge in [0.15, 0.2) is 6.10 Å². The fourth-order valence-corrected chi connectivity index (χ4v) is 10.2. The van der Waals surface area contributed by atoms with Gasteiger partial charge < -0.3 is 14.2 Å². The lowest BCUT2D eigenvalue weighted by Crippen LogP contribution is -2.30. The molecule has 0 aliphatic heterocycles. The van der Waals surface area contributed by atoms with E-state index in [9.17, 15) is 14.4 Å². The number of carbonyl (C=O) groups is 3. The van der Waals surface area contributed by atoms with E-state index in [1.807, 2.05) is 0 Å². The quantitative estimate of drug-likeness (QED) is 0.0261. The highest BCUT2D eigenvalue weighted by atomic mass is 16.6. The number of allylic oxidation sites excluding steroid dienone is 10. The molecule has 0 amide bonds. The van der Waals surface area contributed by atoms with Crippen molar-refractivity contribution in [1.82, 2.24) is 0 Å². The largest absolute Gasteiger partial charge is 0.462 e. The van der Waals surface area contributed by atoms with E-state index in [0.717, 1.165) is 77.0 Å². The predicted octanol–water partition coefficient (Wildman–Crippen LogP) is 23.9. The van der Waals surface area contributed by atoms with E-state index in [1.54, 1.807) is 0 Å². The smallest absolute Gasteiger partial charge is 0.306 e. The molecular weight excluding hydrogens is 973 g/mol. The molecular formula is C73H132O6. The maximum Gasteiger partial charge on any atom is 0.306 e. The Morgan fingerprint density at radius 3 is 0.709 bits per heavy atom. The monoisotopic (exact) mass is 1110 g/mol. The molecule has 0 bridgehead atoms. The summed E-state index contributed by atoms with van der Waals surface area (Å²) < 4.78 is 17.0. The van der Waals surface area contributed by atoms with E-state index in [-0.39, 0.29) is 31.1 Å². The Balaban J connectivity index is 4.22. The molecule has 0 N–H and O–H groups in total. The fourth-order valence-electron chi connectivity index (χ4n) is 10.2. The summed E-state index contributed by atoms with van der Waals surface area (Å²) in [5, 5.41) is 0. The maximum absolute atomic E-state index is 12.9. The molecule has 79 heavy (non-hydrogen) atoms. The second kappa shape index (κ2) is 67.6. The average Bonchev–Trinajstić information content (AvgIpc) is 3.45. The Morgan fingerprint density at radius 1 is 0.253 bits per heavy atom. The predicted molar refractivity (Wildman–Crippen MR) is 344 cm³/mol. The lowest BCUT2D eigenvalue weighted by Gasteiger charge is -2.18. The van der Waals surface area contributed by atoms with Gasteiger partial charge in [-0.05, 0) is 89.9 Å². The number of unbranched alkanes of at least 4 members (excludes halogenated alkanes) is 43. The summed E-state index contributed by atoms with van der Waals surface area (Å²) >= 11 is 0. The van der Waals surface area contributed by atoms with Crippen LogP contribution >= 0.6 is 0 Å². The second-order valence-corrected chi connectivity index (χ2v) is 23.4. The van der Waals surface area contributed by atoms with Crippen LogP contribution < -0.4 is 0 Å². The Hall–Kier alpha value is -2.89. The van der Waals surface area contributed by atoms with Gasteiger partial charge in [-0.25, -0.2) is 0 Å². The Labute approximate surface area is 491 Å². The molecule has 460 valence electrons. The number of esters is 3. The minimum Gasteiger partial charge on any atom is -0.462 e. The van der Waals surface area contributed by atoms with Crippen molar-refractivity contribution in [3.63, 3.8) is 0 Å². The molecule has 0 heterocycles. The van der Waals surface area contributed by atoms with Crippen LogP contribution in [0.25, 0.3) is 0 Å². The lowest BCUT2D eigenvalue weighted by atomic mass is 10.0. The van der Waals surface area contributed by atoms with Crippen molar-refractivity contribution < 1.29 is 28.6 Å². The topological polar surface area (TPSA) is 78.9 Å². The molecule has 0 fully saturated rings. The van der Waals surface area contributed by atoms with Crippen molar-refractivity contribution in [3.8, 4) is 0 Å². The summed E-state index contributed by atoms with van der Waals surface area (Å²) in [5.41, 5.74) is 0. The first-order valence-electron chi connectivity index (χ1n) is 34.8. The Morgan fingerprint density at radius 2 is 0.456 bits per heavy atom. The van der Waals surface area contributed by atoms with Crippen molar-refractivity contribution in [2.75, 3.05) is 13.2 Å². The SMILES string of the molecule is CCCCCCC/C=C\C/C=C\C/C=C\CCCCCCCCCCCCCCC(=O)OCC(COC(=O)CCCCCCCCCCCCC)OC(=O)CCCCCCCCCCCCC/C=C\C/C=C\CCCCCCC. The van der Waals surface area contributed by atoms with Crippen LogP contribution in [0.4, 0.5) is 0 Å². The summed E-state index contributed by atoms with van der Waals surface area (Å²) in [7, 11) is 0. The molecule has 0 spiro atoms. The van der Waals surface area contributed by atoms with Crippen LogP contribution in [0.5, 0.6) is 0 Å². The van der Waals surface area contributed by atoms with Gasteiger partial charge >= 0.3 is 17.9 Å². The number of ether oxygens (including phenoxy) is 3. The van der Waals surface area contributed by atoms with Gasteiger partial charge in [0.25, 0.3) is 0 Å². The molecule has 0 saturated carbocycles. The molecule has 6 nitrogen and oxygen atoms in total. The first-order valence-corrected chi connectivity index (χ1v) is 34.8. The molecule has 6 heteroatoms. The summed E-state index contributed by atoms with van der Waals surface area (Å²) in [5.74, 6) is -0.855. The van der Waals surface area contributed by atoms with E-state index >= 15 is 0 Å². The minimum atomic E-state index is -0.775. The molecule has 0 aromatic heterocycles. The van der Waals surface area contributed by atoms with Gasteiger partial charge in [-0.3, -0.25) is 14.4 Å². The van der Waals surface area contributed by atoms with Crippen molar-refractivity contribution in [2.45, 2.75) is 374 Å². The molecule has 0 rings (SSSR count). The highest BCUT2D eigenvalue weighted by Crippen LogP contribution is 2.17. The van der Waals surface area contributed by atoms with Crippen molar-refractivity contribution in [2.24, 2.45) is 0 Å². The third kappa shape index (κ3) is 65.8. The molecule has 0 aliphatic carbocycles. The summed E-state index contributed by atoms with van der Waals surface area (Å²) in [4.78, 5) is 38.4. The van der Waals surface area contributed by atoms with Gasteiger partial charge in [0.1, 0.15) is 13.2 Å². The molecule has 0 radical (unpaired) electrons. The van der Waals surface area contributed by atoms with E-state index in [4.69, 9.17) is 14.2 Å². The molecule has 0 aromatic rings. The third-order valence-corrected chi connectivity index (χ3v) is 15.5. The first-order chi connectivity index (χ1) is 39.0. The molecule has 0 saturated heterocycles. The third-order valence-electron chi connectivity index (χ3n) is 15.5. The first kappa shape index (κ1) is 76.1. The van der Waals surface area contributed by atoms with Crippen LogP contribution in [0.2, 0.25) is 0 Å². The number of rotatable bonds is 64. The normalized spacial score (nSPS) is 12.4. The van der Waals surface area contributed by atoms with Gasteiger partial charge in [0, 0.05) is 19.3 Å². The van der Waals surface area contributed by atoms with Crippen LogP contribution in [0.3, 0.4) is 0 Å². The molecule has 1 unspecified atom stereocenters. The average molecular weight is 1110 g/mol. The van der Waals surface area contributed by atoms with Crippen molar-refractivity contribution >= 4 is 17.9 Å². The van der Waals surface area contributed by atoms with Crippen LogP contribution in [-0.2, 0) is 28.6 Å². The van der Waals surface area contributed by atoms with Crippen LogP contribution in [0.15, 0.2) is 60.8 Å². The Bertz CT molecular complexity index is 1410. The molecule has 0 aliphatic rings. The number of hydrogen-bond donors (Lipinski definition) is 0. The summed E-state index contributed by atoms with van der Waals surface area (Å²) in [6, 6.07) is 0. The zero-order chi connectivity index (χ0) is 57.1. The zero-order valence-corrected chi connectivity index (χ0v) is 52.9. The van der Waals surface area contributed by atoms with Gasteiger partial charge in [0.05, 0.1) is 0 Å². The van der Waals surface area contributed by atoms with E-state index in [2.05, 4.69) is 81.5 Å². The highest BCUT2D eigenvalue weighted by molar-refractivity contribution is 5.71. The lowest BCUT2D eigenvalue weighted by molar-refractivity contribution is -0.167. The number of hydrogen-bond acceptors (Lipinski definition) is 6. The van der Waals surface area contributed by atoms with Gasteiger partial charge in [-0.2, -0.15) is 0 Å². The van der Waals surface area contributed by atoms with Gasteiger partial charge in [-0.1, -0.05) is 319 Å². The second-order valence-electron chi connectivity index (χ2n) is 23.4. The fraction of sp³-hybridized carbons (Fsp3) is 0.822. The highest BCUT2D eigenvalue weighted by Gasteiger charge is 2.19. The summed E-state index contributed by atoms with van der Waals surface area (Å²) in [6.45, 7) is 6.66. The Kier molecular flexibility index (Phi) is 65.1. The van der Waals surface area contributed by atoms with Crippen LogP contribution in [0.1, 0.15) is 367 Å². The standard InChI is InChI=1S/C73H132O6/c1-4-7-10-13-16-19-22-24-26-28-30-32-34-35-36-37-39-40-42-44-46-48-51-54-57-60-63-66-72(75)78-69-70(68-77-71(74)65-62-59-56-53-50-21-18-15-12-9-6-3)79-73(76)67-64-61-58-55-52-49-47-45-43-41-38-33-31-29-27-25-23-20-17-14-11-8-5-2/h22-25,28-31,34-35,70H,4-21,26-27,32-33,36-69H2,1-3H3/b24-22-,25-23-,30-28-,31-29-,35-34-. The zero-order valence-electron chi connectivity index (χ0n) is 52.9. The van der Waals surface area contributed by atoms with Gasteiger partial charge in [-0.15, -0.1) is 0 Å². The van der Waals surface area contributed by atoms with E-state index < -0.39 is 6.10 Å². The summed E-state index contributed by atoms with van der Waals surface area (Å²) in [6.07, 6.45) is 86.7. The van der Waals surface area contributed by atoms with Gasteiger partial charge in [0.2, 0.25) is 0 Å². The minimum absolute atomic E-state index is 0.0714. The van der Waals surface area contributed by atoms with Crippen molar-refractivity contribution in [1.29, 1.82) is 0 Å². The molecule has 1 atom stereocenters. The van der Waals surface area contributed by atoms with Crippen molar-refractivity contribution in [3.05, 3.63) is 60.8 Å². The van der Waals surface area contributed by atoms with Crippen LogP contribution in [-0.4, -0.2) is 37.2 Å². The maximum atomic E-state index is 12.9. The van der Waals surface area contributed by atoms with Crippen LogP contribution in [0, 0.1) is 0 Å².